The number of nitrogens with one attached hydrogen (secondary N) is 2. The molecule has 4 rings (SSSR count). The Hall–Kier alpha value is -3.60. The number of fused-ring (bicyclic) bond motifs is 1. The molecular weight excluding hydrogens is 362 g/mol. The summed E-state index contributed by atoms with van der Waals surface area (Å²) in [6.07, 6.45) is 0.818. The fourth-order valence-electron chi connectivity index (χ4n) is 3.68. The molecule has 3 aromatic rings. The lowest BCUT2D eigenvalue weighted by molar-refractivity contribution is -0.120. The molecular formula is C24H23N3O2. The van der Waals surface area contributed by atoms with Crippen LogP contribution < -0.4 is 15.5 Å². The Bertz CT molecular complexity index is 1030. The SMILES string of the molecule is Cc1cccc(NC(=O)N[C@H](C(=O)N2CCc3ccccc32)c2ccccc2)c1. The van der Waals surface area contributed by atoms with Gasteiger partial charge in [0.2, 0.25) is 0 Å². The number of hydrogen-bond donors (Lipinski definition) is 2. The van der Waals surface area contributed by atoms with Crippen molar-refractivity contribution in [2.75, 3.05) is 16.8 Å². The molecule has 1 atom stereocenters. The summed E-state index contributed by atoms with van der Waals surface area (Å²) >= 11 is 0. The van der Waals surface area contributed by atoms with E-state index in [1.54, 1.807) is 4.90 Å². The molecule has 3 aromatic carbocycles. The molecule has 0 aliphatic carbocycles. The van der Waals surface area contributed by atoms with Gasteiger partial charge in [0.05, 0.1) is 0 Å². The van der Waals surface area contributed by atoms with E-state index in [1.807, 2.05) is 85.8 Å². The molecule has 1 aliphatic rings. The van der Waals surface area contributed by atoms with Crippen LogP contribution in [0.4, 0.5) is 16.2 Å². The average molecular weight is 385 g/mol. The smallest absolute Gasteiger partial charge is 0.320 e. The lowest BCUT2D eigenvalue weighted by Crippen LogP contribution is -2.43. The van der Waals surface area contributed by atoms with Crippen molar-refractivity contribution < 1.29 is 9.59 Å². The number of benzene rings is 3. The first-order chi connectivity index (χ1) is 14.1. The molecule has 2 N–H and O–H groups in total. The van der Waals surface area contributed by atoms with E-state index in [4.69, 9.17) is 0 Å². The standard InChI is InChI=1S/C24H23N3O2/c1-17-8-7-12-20(16-17)25-24(29)26-22(19-10-3-2-4-11-19)23(28)27-15-14-18-9-5-6-13-21(18)27/h2-13,16,22H,14-15H2,1H3,(H2,25,26,29)/t22-/m0/s1. The Kier molecular flexibility index (Phi) is 5.29. The lowest BCUT2D eigenvalue weighted by atomic mass is 10.1. The van der Waals surface area contributed by atoms with Crippen LogP contribution in [-0.4, -0.2) is 18.5 Å². The maximum atomic E-state index is 13.4. The summed E-state index contributed by atoms with van der Waals surface area (Å²) in [7, 11) is 0. The van der Waals surface area contributed by atoms with Crippen molar-refractivity contribution >= 4 is 23.3 Å². The summed E-state index contributed by atoms with van der Waals surface area (Å²) in [6, 6.07) is 23.6. The van der Waals surface area contributed by atoms with Gasteiger partial charge in [-0.25, -0.2) is 4.79 Å². The quantitative estimate of drug-likeness (QED) is 0.697. The zero-order chi connectivity index (χ0) is 20.2. The monoisotopic (exact) mass is 385 g/mol. The van der Waals surface area contributed by atoms with Crippen molar-refractivity contribution in [2.24, 2.45) is 0 Å². The molecule has 0 spiro atoms. The molecule has 0 aromatic heterocycles. The molecule has 0 radical (unpaired) electrons. The highest BCUT2D eigenvalue weighted by atomic mass is 16.2. The van der Waals surface area contributed by atoms with Crippen LogP contribution in [0.1, 0.15) is 22.7 Å². The zero-order valence-corrected chi connectivity index (χ0v) is 16.3. The molecule has 0 saturated carbocycles. The largest absolute Gasteiger partial charge is 0.322 e. The summed E-state index contributed by atoms with van der Waals surface area (Å²) in [6.45, 7) is 2.58. The number of anilines is 2. The van der Waals surface area contributed by atoms with Gasteiger partial charge in [0.1, 0.15) is 6.04 Å². The van der Waals surface area contributed by atoms with Gasteiger partial charge < -0.3 is 15.5 Å². The van der Waals surface area contributed by atoms with Gasteiger partial charge in [-0.1, -0.05) is 60.7 Å². The molecule has 1 heterocycles. The summed E-state index contributed by atoms with van der Waals surface area (Å²) < 4.78 is 0. The van der Waals surface area contributed by atoms with Gasteiger partial charge in [-0.2, -0.15) is 0 Å². The molecule has 0 saturated heterocycles. The van der Waals surface area contributed by atoms with Gasteiger partial charge in [0, 0.05) is 17.9 Å². The number of rotatable bonds is 4. The van der Waals surface area contributed by atoms with Crippen molar-refractivity contribution in [2.45, 2.75) is 19.4 Å². The highest BCUT2D eigenvalue weighted by Crippen LogP contribution is 2.30. The van der Waals surface area contributed by atoms with E-state index >= 15 is 0 Å². The molecule has 0 bridgehead atoms. The Morgan fingerprint density at radius 3 is 2.48 bits per heavy atom. The van der Waals surface area contributed by atoms with Crippen molar-refractivity contribution in [1.29, 1.82) is 0 Å². The van der Waals surface area contributed by atoms with Crippen LogP contribution in [0.15, 0.2) is 78.9 Å². The number of para-hydroxylation sites is 1. The van der Waals surface area contributed by atoms with Gasteiger partial charge in [0.25, 0.3) is 5.91 Å². The van der Waals surface area contributed by atoms with Crippen LogP contribution in [-0.2, 0) is 11.2 Å². The third-order valence-electron chi connectivity index (χ3n) is 5.08. The number of carbonyl (C=O) groups is 2. The first-order valence-corrected chi connectivity index (χ1v) is 9.70. The van der Waals surface area contributed by atoms with E-state index in [2.05, 4.69) is 10.6 Å². The van der Waals surface area contributed by atoms with Crippen LogP contribution in [0.25, 0.3) is 0 Å². The van der Waals surface area contributed by atoms with Gasteiger partial charge in [-0.05, 0) is 48.2 Å². The summed E-state index contributed by atoms with van der Waals surface area (Å²) in [5, 5.41) is 5.69. The molecule has 5 nitrogen and oxygen atoms in total. The van der Waals surface area contributed by atoms with E-state index in [-0.39, 0.29) is 5.91 Å². The van der Waals surface area contributed by atoms with E-state index in [0.717, 1.165) is 28.8 Å². The Balaban J connectivity index is 1.57. The highest BCUT2D eigenvalue weighted by molar-refractivity contribution is 6.02. The minimum Gasteiger partial charge on any atom is -0.322 e. The highest BCUT2D eigenvalue weighted by Gasteiger charge is 2.32. The first kappa shape index (κ1) is 18.7. The van der Waals surface area contributed by atoms with Crippen molar-refractivity contribution in [1.82, 2.24) is 5.32 Å². The van der Waals surface area contributed by atoms with Gasteiger partial charge >= 0.3 is 6.03 Å². The second-order valence-corrected chi connectivity index (χ2v) is 7.18. The second-order valence-electron chi connectivity index (χ2n) is 7.18. The summed E-state index contributed by atoms with van der Waals surface area (Å²) in [5.74, 6) is -0.138. The van der Waals surface area contributed by atoms with Crippen molar-refractivity contribution in [3.8, 4) is 0 Å². The number of aryl methyl sites for hydroxylation is 1. The van der Waals surface area contributed by atoms with Crippen LogP contribution >= 0.6 is 0 Å². The van der Waals surface area contributed by atoms with E-state index in [1.165, 1.54) is 0 Å². The van der Waals surface area contributed by atoms with Gasteiger partial charge in [-0.15, -0.1) is 0 Å². The number of hydrogen-bond acceptors (Lipinski definition) is 2. The fraction of sp³-hybridized carbons (Fsp3) is 0.167. The lowest BCUT2D eigenvalue weighted by Gasteiger charge is -2.25. The van der Waals surface area contributed by atoms with Gasteiger partial charge in [-0.3, -0.25) is 4.79 Å². The molecule has 146 valence electrons. The molecule has 3 amide bonds. The maximum Gasteiger partial charge on any atom is 0.320 e. The summed E-state index contributed by atoms with van der Waals surface area (Å²) in [4.78, 5) is 27.9. The number of amides is 3. The van der Waals surface area contributed by atoms with Gasteiger partial charge in [0.15, 0.2) is 0 Å². The van der Waals surface area contributed by atoms with E-state index in [0.29, 0.717) is 12.2 Å². The molecule has 5 heteroatoms. The number of nitrogens with zero attached hydrogens (tertiary/aromatic N) is 1. The molecule has 0 fully saturated rings. The molecule has 1 aliphatic heterocycles. The zero-order valence-electron chi connectivity index (χ0n) is 16.3. The van der Waals surface area contributed by atoms with Crippen molar-refractivity contribution in [3.63, 3.8) is 0 Å². The van der Waals surface area contributed by atoms with Crippen LogP contribution in [0.5, 0.6) is 0 Å². The average Bonchev–Trinajstić information content (AvgIpc) is 3.16. The molecule has 0 unspecified atom stereocenters. The Morgan fingerprint density at radius 2 is 1.69 bits per heavy atom. The van der Waals surface area contributed by atoms with E-state index < -0.39 is 12.1 Å². The van der Waals surface area contributed by atoms with Crippen LogP contribution in [0.2, 0.25) is 0 Å². The Labute approximate surface area is 170 Å². The number of carbonyl (C=O) groups excluding carboxylic acids is 2. The van der Waals surface area contributed by atoms with Crippen molar-refractivity contribution in [3.05, 3.63) is 95.6 Å². The number of urea groups is 1. The topological polar surface area (TPSA) is 61.4 Å². The minimum atomic E-state index is -0.771. The third kappa shape index (κ3) is 4.14. The molecule has 29 heavy (non-hydrogen) atoms. The maximum absolute atomic E-state index is 13.4. The summed E-state index contributed by atoms with van der Waals surface area (Å²) in [5.41, 5.74) is 4.55. The first-order valence-electron chi connectivity index (χ1n) is 9.70. The fourth-order valence-corrected chi connectivity index (χ4v) is 3.68. The normalized spacial score (nSPS) is 13.5. The van der Waals surface area contributed by atoms with Crippen LogP contribution in [0, 0.1) is 6.92 Å². The van der Waals surface area contributed by atoms with Crippen LogP contribution in [0.3, 0.4) is 0 Å². The predicted octanol–water partition coefficient (Wildman–Crippen LogP) is 4.45. The predicted molar refractivity (Wildman–Crippen MR) is 115 cm³/mol. The minimum absolute atomic E-state index is 0.138. The van der Waals surface area contributed by atoms with E-state index in [9.17, 15) is 9.59 Å². The third-order valence-corrected chi connectivity index (χ3v) is 5.08. The second kappa shape index (κ2) is 8.19. The Morgan fingerprint density at radius 1 is 0.931 bits per heavy atom.